The second-order valence-electron chi connectivity index (χ2n) is 4.10. The van der Waals surface area contributed by atoms with Gasteiger partial charge in [0, 0.05) is 21.8 Å². The van der Waals surface area contributed by atoms with Crippen molar-refractivity contribution in [3.8, 4) is 0 Å². The summed E-state index contributed by atoms with van der Waals surface area (Å²) in [6.45, 7) is 2.92. The summed E-state index contributed by atoms with van der Waals surface area (Å²) in [5.74, 6) is 0. The normalized spacial score (nSPS) is 10.5. The minimum Gasteiger partial charge on any atom is -0.397 e. The Hall–Kier alpha value is -1.00. The maximum atomic E-state index is 6.09. The number of anilines is 2. The highest BCUT2D eigenvalue weighted by Crippen LogP contribution is 2.28. The Kier molecular flexibility index (Phi) is 3.74. The van der Waals surface area contributed by atoms with Gasteiger partial charge < -0.3 is 10.6 Å². The molecule has 1 heterocycles. The molecule has 90 valence electrons. The zero-order valence-electron chi connectivity index (χ0n) is 9.90. The van der Waals surface area contributed by atoms with Crippen LogP contribution in [-0.2, 0) is 6.54 Å². The molecule has 0 spiro atoms. The van der Waals surface area contributed by atoms with Gasteiger partial charge in [0.25, 0.3) is 0 Å². The SMILES string of the molecule is Cc1cccc(N(C)Cc2cc(Br)cs2)c1N. The zero-order valence-corrected chi connectivity index (χ0v) is 12.3. The van der Waals surface area contributed by atoms with E-state index in [1.165, 1.54) is 4.88 Å². The average Bonchev–Trinajstić information content (AvgIpc) is 2.68. The molecule has 0 amide bonds. The van der Waals surface area contributed by atoms with Crippen LogP contribution >= 0.6 is 27.3 Å². The fourth-order valence-electron chi connectivity index (χ4n) is 1.75. The molecule has 0 saturated heterocycles. The van der Waals surface area contributed by atoms with E-state index >= 15 is 0 Å². The molecular formula is C13H15BrN2S. The van der Waals surface area contributed by atoms with E-state index in [-0.39, 0.29) is 0 Å². The molecule has 1 aromatic heterocycles. The van der Waals surface area contributed by atoms with Crippen LogP contribution in [-0.4, -0.2) is 7.05 Å². The maximum Gasteiger partial charge on any atom is 0.0603 e. The molecule has 17 heavy (non-hydrogen) atoms. The highest BCUT2D eigenvalue weighted by atomic mass is 79.9. The number of rotatable bonds is 3. The van der Waals surface area contributed by atoms with Gasteiger partial charge in [-0.25, -0.2) is 0 Å². The topological polar surface area (TPSA) is 29.3 Å². The molecule has 0 aliphatic rings. The third kappa shape index (κ3) is 2.82. The molecule has 0 unspecified atom stereocenters. The molecule has 0 atom stereocenters. The van der Waals surface area contributed by atoms with Crippen LogP contribution < -0.4 is 10.6 Å². The Morgan fingerprint density at radius 1 is 1.41 bits per heavy atom. The summed E-state index contributed by atoms with van der Waals surface area (Å²) < 4.78 is 1.14. The van der Waals surface area contributed by atoms with Gasteiger partial charge in [0.2, 0.25) is 0 Å². The number of hydrogen-bond acceptors (Lipinski definition) is 3. The van der Waals surface area contributed by atoms with Crippen molar-refractivity contribution in [3.05, 3.63) is 44.6 Å². The van der Waals surface area contributed by atoms with Gasteiger partial charge in [-0.2, -0.15) is 0 Å². The van der Waals surface area contributed by atoms with Crippen molar-refractivity contribution in [2.45, 2.75) is 13.5 Å². The molecular weight excluding hydrogens is 296 g/mol. The van der Waals surface area contributed by atoms with E-state index in [0.29, 0.717) is 0 Å². The number of halogens is 1. The molecule has 0 saturated carbocycles. The summed E-state index contributed by atoms with van der Waals surface area (Å²) >= 11 is 5.22. The third-order valence-corrected chi connectivity index (χ3v) is 4.41. The van der Waals surface area contributed by atoms with Crippen LogP contribution in [0.15, 0.2) is 34.1 Å². The number of benzene rings is 1. The molecule has 2 rings (SSSR count). The highest BCUT2D eigenvalue weighted by Gasteiger charge is 2.08. The Bertz CT molecular complexity index is 522. The standard InChI is InChI=1S/C13H15BrN2S/c1-9-4-3-5-12(13(9)15)16(2)7-11-6-10(14)8-17-11/h3-6,8H,7,15H2,1-2H3. The molecule has 2 aromatic rings. The van der Waals surface area contributed by atoms with Gasteiger partial charge in [0.05, 0.1) is 17.9 Å². The highest BCUT2D eigenvalue weighted by molar-refractivity contribution is 9.10. The van der Waals surface area contributed by atoms with Gasteiger partial charge in [-0.1, -0.05) is 12.1 Å². The van der Waals surface area contributed by atoms with Crippen LogP contribution in [0.3, 0.4) is 0 Å². The first-order valence-electron chi connectivity index (χ1n) is 5.37. The Labute approximate surface area is 114 Å². The monoisotopic (exact) mass is 310 g/mol. The molecule has 0 aliphatic heterocycles. The predicted octanol–water partition coefficient (Wildman–Crippen LogP) is 4.04. The fraction of sp³-hybridized carbons (Fsp3) is 0.231. The summed E-state index contributed by atoms with van der Waals surface area (Å²) in [6.07, 6.45) is 0. The van der Waals surface area contributed by atoms with Crippen molar-refractivity contribution in [1.82, 2.24) is 0 Å². The van der Waals surface area contributed by atoms with Crippen LogP contribution in [0.4, 0.5) is 11.4 Å². The second-order valence-corrected chi connectivity index (χ2v) is 6.01. The van der Waals surface area contributed by atoms with Crippen LogP contribution in [0, 0.1) is 6.92 Å². The van der Waals surface area contributed by atoms with Crippen LogP contribution in [0.2, 0.25) is 0 Å². The first-order valence-corrected chi connectivity index (χ1v) is 7.04. The van der Waals surface area contributed by atoms with Gasteiger partial charge in [-0.05, 0) is 40.5 Å². The summed E-state index contributed by atoms with van der Waals surface area (Å²) in [4.78, 5) is 3.50. The number of nitrogen functional groups attached to an aromatic ring is 1. The lowest BCUT2D eigenvalue weighted by Crippen LogP contribution is -2.17. The summed E-state index contributed by atoms with van der Waals surface area (Å²) in [5, 5.41) is 2.10. The van der Waals surface area contributed by atoms with E-state index in [1.807, 2.05) is 19.1 Å². The lowest BCUT2D eigenvalue weighted by atomic mass is 10.1. The number of nitrogens with zero attached hydrogens (tertiary/aromatic N) is 1. The number of hydrogen-bond donors (Lipinski definition) is 1. The molecule has 0 radical (unpaired) electrons. The Balaban J connectivity index is 2.20. The summed E-state index contributed by atoms with van der Waals surface area (Å²) in [7, 11) is 2.07. The number of aryl methyl sites for hydroxylation is 1. The minimum atomic E-state index is 0.866. The molecule has 1 aromatic carbocycles. The molecule has 0 bridgehead atoms. The summed E-state index contributed by atoms with van der Waals surface area (Å²) in [6, 6.07) is 8.29. The molecule has 0 fully saturated rings. The van der Waals surface area contributed by atoms with Gasteiger partial charge in [0.15, 0.2) is 0 Å². The van der Waals surface area contributed by atoms with Crippen LogP contribution in [0.5, 0.6) is 0 Å². The third-order valence-electron chi connectivity index (χ3n) is 2.73. The Morgan fingerprint density at radius 3 is 2.82 bits per heavy atom. The second kappa shape index (κ2) is 5.10. The van der Waals surface area contributed by atoms with Crippen LogP contribution in [0.1, 0.15) is 10.4 Å². The first kappa shape index (κ1) is 12.5. The van der Waals surface area contributed by atoms with Crippen molar-refractivity contribution < 1.29 is 0 Å². The molecule has 2 N–H and O–H groups in total. The van der Waals surface area contributed by atoms with E-state index in [4.69, 9.17) is 5.73 Å². The quantitative estimate of drug-likeness (QED) is 0.867. The van der Waals surface area contributed by atoms with Crippen LogP contribution in [0.25, 0.3) is 0 Å². The number of thiophene rings is 1. The first-order chi connectivity index (χ1) is 8.08. The number of para-hydroxylation sites is 1. The molecule has 4 heteroatoms. The van der Waals surface area contributed by atoms with Crippen molar-refractivity contribution in [3.63, 3.8) is 0 Å². The zero-order chi connectivity index (χ0) is 12.4. The molecule has 2 nitrogen and oxygen atoms in total. The van der Waals surface area contributed by atoms with Crippen molar-refractivity contribution in [2.24, 2.45) is 0 Å². The van der Waals surface area contributed by atoms with E-state index in [2.05, 4.69) is 45.4 Å². The molecule has 0 aliphatic carbocycles. The maximum absolute atomic E-state index is 6.09. The largest absolute Gasteiger partial charge is 0.397 e. The van der Waals surface area contributed by atoms with Crippen molar-refractivity contribution in [1.29, 1.82) is 0 Å². The van der Waals surface area contributed by atoms with Gasteiger partial charge in [-0.15, -0.1) is 11.3 Å². The minimum absolute atomic E-state index is 0.866. The lowest BCUT2D eigenvalue weighted by molar-refractivity contribution is 0.941. The number of nitrogens with two attached hydrogens (primary N) is 1. The predicted molar refractivity (Wildman–Crippen MR) is 79.7 cm³/mol. The van der Waals surface area contributed by atoms with E-state index < -0.39 is 0 Å². The van der Waals surface area contributed by atoms with Crippen molar-refractivity contribution in [2.75, 3.05) is 17.7 Å². The average molecular weight is 311 g/mol. The van der Waals surface area contributed by atoms with Gasteiger partial charge in [-0.3, -0.25) is 0 Å². The summed E-state index contributed by atoms with van der Waals surface area (Å²) in [5.41, 5.74) is 9.18. The smallest absolute Gasteiger partial charge is 0.0603 e. The van der Waals surface area contributed by atoms with E-state index in [9.17, 15) is 0 Å². The van der Waals surface area contributed by atoms with Gasteiger partial charge in [0.1, 0.15) is 0 Å². The van der Waals surface area contributed by atoms with Crippen molar-refractivity contribution >= 4 is 38.6 Å². The van der Waals surface area contributed by atoms with Gasteiger partial charge >= 0.3 is 0 Å². The fourth-order valence-corrected chi connectivity index (χ4v) is 3.26. The lowest BCUT2D eigenvalue weighted by Gasteiger charge is -2.21. The Morgan fingerprint density at radius 2 is 2.18 bits per heavy atom. The van der Waals surface area contributed by atoms with E-state index in [1.54, 1.807) is 11.3 Å². The van der Waals surface area contributed by atoms with E-state index in [0.717, 1.165) is 28.0 Å².